The van der Waals surface area contributed by atoms with Gasteiger partial charge in [0, 0.05) is 7.11 Å². The fourth-order valence-electron chi connectivity index (χ4n) is 3.92. The molecule has 0 N–H and O–H groups in total. The number of ether oxygens (including phenoxy) is 1. The van der Waals surface area contributed by atoms with Gasteiger partial charge in [0.15, 0.2) is 0 Å². The third kappa shape index (κ3) is 2.63. The van der Waals surface area contributed by atoms with Crippen molar-refractivity contribution in [2.24, 2.45) is 5.92 Å². The molecule has 1 aliphatic carbocycles. The lowest BCUT2D eigenvalue weighted by Crippen LogP contribution is -2.39. The van der Waals surface area contributed by atoms with Crippen LogP contribution in [0.3, 0.4) is 0 Å². The maximum atomic E-state index is 6.25. The molecule has 1 heteroatoms. The van der Waals surface area contributed by atoms with Crippen molar-refractivity contribution in [3.05, 3.63) is 71.8 Å². The minimum Gasteiger partial charge on any atom is -0.368 e. The molecule has 0 radical (unpaired) electrons. The topological polar surface area (TPSA) is 9.23 Å². The van der Waals surface area contributed by atoms with Gasteiger partial charge in [-0.1, -0.05) is 79.9 Å². The Labute approximate surface area is 128 Å². The molecule has 0 aromatic heterocycles. The summed E-state index contributed by atoms with van der Waals surface area (Å²) < 4.78 is 6.25. The van der Waals surface area contributed by atoms with E-state index in [1.165, 1.54) is 43.2 Å². The lowest BCUT2D eigenvalue weighted by Gasteiger charge is -2.42. The Morgan fingerprint density at radius 3 is 1.67 bits per heavy atom. The first kappa shape index (κ1) is 14.3. The maximum absolute atomic E-state index is 6.25. The second-order valence-corrected chi connectivity index (χ2v) is 6.01. The lowest BCUT2D eigenvalue weighted by atomic mass is 9.70. The van der Waals surface area contributed by atoms with Crippen molar-refractivity contribution in [1.29, 1.82) is 0 Å². The van der Waals surface area contributed by atoms with Crippen molar-refractivity contribution in [3.8, 4) is 0 Å². The first-order chi connectivity index (χ1) is 10.4. The van der Waals surface area contributed by atoms with Crippen LogP contribution in [0.15, 0.2) is 60.7 Å². The summed E-state index contributed by atoms with van der Waals surface area (Å²) in [6.07, 6.45) is 6.49. The average Bonchev–Trinajstić information content (AvgIpc) is 2.59. The summed E-state index contributed by atoms with van der Waals surface area (Å²) in [5.74, 6) is 0.557. The van der Waals surface area contributed by atoms with Gasteiger partial charge in [0.25, 0.3) is 0 Å². The van der Waals surface area contributed by atoms with Crippen LogP contribution >= 0.6 is 0 Å². The quantitative estimate of drug-likeness (QED) is 0.752. The van der Waals surface area contributed by atoms with E-state index in [2.05, 4.69) is 60.7 Å². The summed E-state index contributed by atoms with van der Waals surface area (Å²) in [6.45, 7) is 0. The molecule has 3 rings (SSSR count). The van der Waals surface area contributed by atoms with E-state index in [0.717, 1.165) is 0 Å². The van der Waals surface area contributed by atoms with E-state index in [1.54, 1.807) is 0 Å². The predicted octanol–water partition coefficient (Wildman–Crippen LogP) is 5.16. The molecule has 2 aromatic carbocycles. The Morgan fingerprint density at radius 1 is 0.762 bits per heavy atom. The zero-order valence-corrected chi connectivity index (χ0v) is 12.8. The molecule has 110 valence electrons. The summed E-state index contributed by atoms with van der Waals surface area (Å²) in [5.41, 5.74) is 2.26. The van der Waals surface area contributed by atoms with E-state index < -0.39 is 0 Å². The third-order valence-corrected chi connectivity index (χ3v) is 4.91. The van der Waals surface area contributed by atoms with Gasteiger partial charge in [0.2, 0.25) is 0 Å². The van der Waals surface area contributed by atoms with Gasteiger partial charge in [-0.25, -0.2) is 0 Å². The van der Waals surface area contributed by atoms with E-state index in [1.807, 2.05) is 7.11 Å². The summed E-state index contributed by atoms with van der Waals surface area (Å²) >= 11 is 0. The standard InChI is InChI=1S/C20H24O/c1-21-20(17-11-5-2-6-12-17,18-13-7-3-8-14-18)19-15-9-4-10-16-19/h2-3,5-8,11-14,19H,4,9-10,15-16H2,1H3. The Kier molecular flexibility index (Phi) is 4.40. The van der Waals surface area contributed by atoms with E-state index in [4.69, 9.17) is 4.74 Å². The SMILES string of the molecule is COC(c1ccccc1)(c1ccccc1)C1CCCCC1. The normalized spacial score (nSPS) is 16.8. The second kappa shape index (κ2) is 6.44. The molecule has 1 saturated carbocycles. The highest BCUT2D eigenvalue weighted by Crippen LogP contribution is 2.46. The van der Waals surface area contributed by atoms with E-state index in [9.17, 15) is 0 Å². The minimum atomic E-state index is -0.303. The van der Waals surface area contributed by atoms with Gasteiger partial charge in [0.05, 0.1) is 0 Å². The molecule has 0 unspecified atom stereocenters. The second-order valence-electron chi connectivity index (χ2n) is 6.01. The first-order valence-corrected chi connectivity index (χ1v) is 8.04. The molecule has 1 aliphatic rings. The number of rotatable bonds is 4. The van der Waals surface area contributed by atoms with E-state index in [0.29, 0.717) is 5.92 Å². The molecule has 1 nitrogen and oxygen atoms in total. The van der Waals surface area contributed by atoms with Crippen LogP contribution in [0, 0.1) is 5.92 Å². The van der Waals surface area contributed by atoms with Crippen molar-refractivity contribution in [2.75, 3.05) is 7.11 Å². The summed E-state index contributed by atoms with van der Waals surface area (Å²) in [7, 11) is 1.87. The molecule has 21 heavy (non-hydrogen) atoms. The predicted molar refractivity (Wildman–Crippen MR) is 87.2 cm³/mol. The van der Waals surface area contributed by atoms with E-state index >= 15 is 0 Å². The van der Waals surface area contributed by atoms with Gasteiger partial charge in [-0.3, -0.25) is 0 Å². The maximum Gasteiger partial charge on any atom is 0.120 e. The highest BCUT2D eigenvalue weighted by Gasteiger charge is 2.42. The van der Waals surface area contributed by atoms with Crippen LogP contribution in [0.1, 0.15) is 43.2 Å². The highest BCUT2D eigenvalue weighted by molar-refractivity contribution is 5.37. The molecule has 1 fully saturated rings. The largest absolute Gasteiger partial charge is 0.368 e. The molecule has 0 amide bonds. The third-order valence-electron chi connectivity index (χ3n) is 4.91. The number of methoxy groups -OCH3 is 1. The van der Waals surface area contributed by atoms with Crippen LogP contribution in [0.5, 0.6) is 0 Å². The Hall–Kier alpha value is -1.60. The molecule has 0 atom stereocenters. The van der Waals surface area contributed by atoms with Crippen LogP contribution in [0.25, 0.3) is 0 Å². The van der Waals surface area contributed by atoms with Crippen molar-refractivity contribution in [1.82, 2.24) is 0 Å². The lowest BCUT2D eigenvalue weighted by molar-refractivity contribution is -0.0420. The van der Waals surface area contributed by atoms with Crippen LogP contribution in [0.2, 0.25) is 0 Å². The highest BCUT2D eigenvalue weighted by atomic mass is 16.5. The van der Waals surface area contributed by atoms with Crippen LogP contribution in [0.4, 0.5) is 0 Å². The zero-order chi connectivity index (χ0) is 14.5. The van der Waals surface area contributed by atoms with Gasteiger partial charge in [-0.2, -0.15) is 0 Å². The average molecular weight is 280 g/mol. The van der Waals surface area contributed by atoms with Crippen LogP contribution in [-0.4, -0.2) is 7.11 Å². The van der Waals surface area contributed by atoms with Crippen molar-refractivity contribution < 1.29 is 4.74 Å². The number of benzene rings is 2. The van der Waals surface area contributed by atoms with E-state index in [-0.39, 0.29) is 5.60 Å². The minimum absolute atomic E-state index is 0.303. The Balaban J connectivity index is 2.12. The molecule has 0 spiro atoms. The monoisotopic (exact) mass is 280 g/mol. The summed E-state index contributed by atoms with van der Waals surface area (Å²) in [4.78, 5) is 0. The van der Waals surface area contributed by atoms with Gasteiger partial charge in [-0.15, -0.1) is 0 Å². The van der Waals surface area contributed by atoms with Crippen molar-refractivity contribution >= 4 is 0 Å². The van der Waals surface area contributed by atoms with Gasteiger partial charge in [-0.05, 0) is 29.9 Å². The van der Waals surface area contributed by atoms with Crippen molar-refractivity contribution in [3.63, 3.8) is 0 Å². The summed E-state index contributed by atoms with van der Waals surface area (Å²) in [6, 6.07) is 21.5. The summed E-state index contributed by atoms with van der Waals surface area (Å²) in [5, 5.41) is 0. The van der Waals surface area contributed by atoms with Gasteiger partial charge < -0.3 is 4.74 Å². The molecule has 0 saturated heterocycles. The molecule has 0 bridgehead atoms. The first-order valence-electron chi connectivity index (χ1n) is 8.04. The van der Waals surface area contributed by atoms with Crippen molar-refractivity contribution in [2.45, 2.75) is 37.7 Å². The fraction of sp³-hybridized carbons (Fsp3) is 0.400. The molecule has 0 heterocycles. The van der Waals surface area contributed by atoms with Gasteiger partial charge in [0.1, 0.15) is 5.60 Å². The fourth-order valence-corrected chi connectivity index (χ4v) is 3.92. The molecule has 2 aromatic rings. The van der Waals surface area contributed by atoms with Gasteiger partial charge >= 0.3 is 0 Å². The molecular formula is C20H24O. The van der Waals surface area contributed by atoms with Crippen LogP contribution in [-0.2, 0) is 10.3 Å². The van der Waals surface area contributed by atoms with Crippen LogP contribution < -0.4 is 0 Å². The Bertz CT molecular complexity index is 501. The number of hydrogen-bond donors (Lipinski definition) is 0. The molecular weight excluding hydrogens is 256 g/mol. The smallest absolute Gasteiger partial charge is 0.120 e. The Morgan fingerprint density at radius 2 is 1.24 bits per heavy atom. The molecule has 0 aliphatic heterocycles. The number of hydrogen-bond acceptors (Lipinski definition) is 1. The zero-order valence-electron chi connectivity index (χ0n) is 12.8.